The van der Waals surface area contributed by atoms with Gasteiger partial charge in [0.1, 0.15) is 12.1 Å². The van der Waals surface area contributed by atoms with E-state index in [1.165, 1.54) is 11.8 Å². The van der Waals surface area contributed by atoms with Gasteiger partial charge in [0.15, 0.2) is 0 Å². The number of nitrogens with one attached hydrogen (secondary N) is 2. The molecule has 0 rings (SSSR count). The number of hydrogen-bond donors (Lipinski definition) is 5. The first kappa shape index (κ1) is 24.2. The van der Waals surface area contributed by atoms with Crippen molar-refractivity contribution in [1.82, 2.24) is 10.6 Å². The highest BCUT2D eigenvalue weighted by Crippen LogP contribution is 2.08. The van der Waals surface area contributed by atoms with E-state index >= 15 is 0 Å². The van der Waals surface area contributed by atoms with E-state index in [1.54, 1.807) is 6.92 Å². The van der Waals surface area contributed by atoms with Gasteiger partial charge in [-0.2, -0.15) is 11.8 Å². The number of amides is 2. The van der Waals surface area contributed by atoms with Crippen molar-refractivity contribution < 1.29 is 29.4 Å². The smallest absolute Gasteiger partial charge is 0.326 e. The first-order chi connectivity index (χ1) is 12.1. The minimum atomic E-state index is -1.19. The van der Waals surface area contributed by atoms with Gasteiger partial charge in [-0.15, -0.1) is 0 Å². The van der Waals surface area contributed by atoms with Crippen LogP contribution in [0, 0.1) is 5.92 Å². The molecule has 2 amide bonds. The molecule has 4 unspecified atom stereocenters. The molecule has 0 aromatic rings. The summed E-state index contributed by atoms with van der Waals surface area (Å²) in [6.45, 7) is 3.66. The van der Waals surface area contributed by atoms with Crippen LogP contribution < -0.4 is 16.4 Å². The molecule has 0 heterocycles. The lowest BCUT2D eigenvalue weighted by Gasteiger charge is -2.24. The van der Waals surface area contributed by atoms with Crippen molar-refractivity contribution in [3.05, 3.63) is 0 Å². The van der Waals surface area contributed by atoms with Crippen molar-refractivity contribution in [2.24, 2.45) is 11.7 Å². The van der Waals surface area contributed by atoms with Crippen molar-refractivity contribution in [2.45, 2.75) is 57.7 Å². The summed E-state index contributed by atoms with van der Waals surface area (Å²) in [5.41, 5.74) is 5.83. The average molecular weight is 391 g/mol. The zero-order valence-electron chi connectivity index (χ0n) is 15.4. The standard InChI is InChI=1S/C16H29N3O6S/c1-4-9(2)13(17)15(23)18-10(5-6-12(20)21)14(22)19-11(16(24)25)7-8-26-3/h9-11,13H,4-8,17H2,1-3H3,(H,18,23)(H,19,22)(H,20,21)(H,24,25). The van der Waals surface area contributed by atoms with Crippen LogP contribution in [0.15, 0.2) is 0 Å². The molecule has 26 heavy (non-hydrogen) atoms. The van der Waals surface area contributed by atoms with Crippen LogP contribution in [0.5, 0.6) is 0 Å². The summed E-state index contributed by atoms with van der Waals surface area (Å²) in [6.07, 6.45) is 2.19. The molecule has 6 N–H and O–H groups in total. The Kier molecular flexibility index (Phi) is 11.7. The summed E-state index contributed by atoms with van der Waals surface area (Å²) < 4.78 is 0. The Morgan fingerprint density at radius 3 is 2.08 bits per heavy atom. The Labute approximate surface area is 157 Å². The molecule has 0 aromatic heterocycles. The summed E-state index contributed by atoms with van der Waals surface area (Å²) >= 11 is 1.44. The highest BCUT2D eigenvalue weighted by atomic mass is 32.2. The van der Waals surface area contributed by atoms with Gasteiger partial charge < -0.3 is 26.6 Å². The van der Waals surface area contributed by atoms with Crippen molar-refractivity contribution in [1.29, 1.82) is 0 Å². The summed E-state index contributed by atoms with van der Waals surface area (Å²) in [7, 11) is 0. The van der Waals surface area contributed by atoms with Gasteiger partial charge in [-0.3, -0.25) is 14.4 Å². The van der Waals surface area contributed by atoms with Crippen LogP contribution in [0.4, 0.5) is 0 Å². The molecule has 0 fully saturated rings. The quantitative estimate of drug-likeness (QED) is 0.294. The first-order valence-corrected chi connectivity index (χ1v) is 9.83. The first-order valence-electron chi connectivity index (χ1n) is 8.43. The molecule has 0 bridgehead atoms. The molecule has 0 aliphatic heterocycles. The predicted molar refractivity (Wildman–Crippen MR) is 98.8 cm³/mol. The van der Waals surface area contributed by atoms with Crippen molar-refractivity contribution in [2.75, 3.05) is 12.0 Å². The topological polar surface area (TPSA) is 159 Å². The van der Waals surface area contributed by atoms with Crippen LogP contribution in [-0.2, 0) is 19.2 Å². The molecular formula is C16H29N3O6S. The molecule has 10 heteroatoms. The van der Waals surface area contributed by atoms with Gasteiger partial charge in [-0.1, -0.05) is 20.3 Å². The molecule has 0 spiro atoms. The molecule has 0 saturated carbocycles. The summed E-state index contributed by atoms with van der Waals surface area (Å²) in [5.74, 6) is -3.20. The normalized spacial score (nSPS) is 15.4. The monoisotopic (exact) mass is 391 g/mol. The number of carbonyl (C=O) groups excluding carboxylic acids is 2. The third-order valence-electron chi connectivity index (χ3n) is 4.06. The SMILES string of the molecule is CCC(C)C(N)C(=O)NC(CCC(=O)O)C(=O)NC(CCSC)C(=O)O. The van der Waals surface area contributed by atoms with E-state index in [1.807, 2.05) is 13.2 Å². The zero-order chi connectivity index (χ0) is 20.3. The lowest BCUT2D eigenvalue weighted by atomic mass is 9.98. The summed E-state index contributed by atoms with van der Waals surface area (Å²) in [5, 5.41) is 22.8. The van der Waals surface area contributed by atoms with Gasteiger partial charge in [-0.05, 0) is 30.8 Å². The number of carboxylic acids is 2. The number of hydrogen-bond acceptors (Lipinski definition) is 6. The Morgan fingerprint density at radius 2 is 1.62 bits per heavy atom. The predicted octanol–water partition coefficient (Wildman–Crippen LogP) is 0.0319. The molecule has 150 valence electrons. The molecule has 0 aliphatic rings. The van der Waals surface area contributed by atoms with E-state index in [2.05, 4.69) is 10.6 Å². The van der Waals surface area contributed by atoms with E-state index in [0.29, 0.717) is 12.2 Å². The van der Waals surface area contributed by atoms with E-state index in [-0.39, 0.29) is 25.2 Å². The molecule has 0 saturated heterocycles. The van der Waals surface area contributed by atoms with E-state index < -0.39 is 41.9 Å². The van der Waals surface area contributed by atoms with Crippen LogP contribution in [0.2, 0.25) is 0 Å². The number of carboxylic acid groups (broad SMARTS) is 2. The lowest BCUT2D eigenvalue weighted by Crippen LogP contribution is -2.55. The zero-order valence-corrected chi connectivity index (χ0v) is 16.2. The number of thioether (sulfide) groups is 1. The lowest BCUT2D eigenvalue weighted by molar-refractivity contribution is -0.143. The maximum Gasteiger partial charge on any atom is 0.326 e. The molecule has 0 aliphatic carbocycles. The number of nitrogens with two attached hydrogens (primary N) is 1. The Morgan fingerprint density at radius 1 is 1.04 bits per heavy atom. The number of rotatable bonds is 13. The van der Waals surface area contributed by atoms with Gasteiger partial charge in [0.2, 0.25) is 11.8 Å². The summed E-state index contributed by atoms with van der Waals surface area (Å²) in [4.78, 5) is 46.7. The maximum atomic E-state index is 12.4. The van der Waals surface area contributed by atoms with Crippen LogP contribution in [0.1, 0.15) is 39.5 Å². The van der Waals surface area contributed by atoms with Gasteiger partial charge in [-0.25, -0.2) is 4.79 Å². The van der Waals surface area contributed by atoms with Gasteiger partial charge >= 0.3 is 11.9 Å². The highest BCUT2D eigenvalue weighted by Gasteiger charge is 2.29. The Bertz CT molecular complexity index is 502. The second-order valence-corrected chi connectivity index (χ2v) is 7.07. The van der Waals surface area contributed by atoms with E-state index in [9.17, 15) is 24.3 Å². The van der Waals surface area contributed by atoms with Crippen molar-refractivity contribution >= 4 is 35.5 Å². The number of carbonyl (C=O) groups is 4. The molecule has 0 radical (unpaired) electrons. The van der Waals surface area contributed by atoms with E-state index in [4.69, 9.17) is 10.8 Å². The second-order valence-electron chi connectivity index (χ2n) is 6.09. The van der Waals surface area contributed by atoms with Crippen LogP contribution in [-0.4, -0.2) is 64.1 Å². The van der Waals surface area contributed by atoms with Crippen molar-refractivity contribution in [3.63, 3.8) is 0 Å². The van der Waals surface area contributed by atoms with Crippen LogP contribution in [0.3, 0.4) is 0 Å². The fourth-order valence-electron chi connectivity index (χ4n) is 2.08. The van der Waals surface area contributed by atoms with E-state index in [0.717, 1.165) is 0 Å². The van der Waals surface area contributed by atoms with Crippen LogP contribution in [0.25, 0.3) is 0 Å². The molecule has 9 nitrogen and oxygen atoms in total. The fourth-order valence-corrected chi connectivity index (χ4v) is 2.55. The Hall–Kier alpha value is -1.81. The fraction of sp³-hybridized carbons (Fsp3) is 0.750. The minimum Gasteiger partial charge on any atom is -0.481 e. The summed E-state index contributed by atoms with van der Waals surface area (Å²) in [6, 6.07) is -3.11. The third kappa shape index (κ3) is 9.04. The second kappa shape index (κ2) is 12.5. The molecule has 0 aromatic carbocycles. The maximum absolute atomic E-state index is 12.4. The largest absolute Gasteiger partial charge is 0.481 e. The van der Waals surface area contributed by atoms with Gasteiger partial charge in [0.25, 0.3) is 0 Å². The van der Waals surface area contributed by atoms with Crippen LogP contribution >= 0.6 is 11.8 Å². The van der Waals surface area contributed by atoms with Crippen molar-refractivity contribution in [3.8, 4) is 0 Å². The minimum absolute atomic E-state index is 0.119. The van der Waals surface area contributed by atoms with Gasteiger partial charge in [0.05, 0.1) is 6.04 Å². The number of aliphatic carboxylic acids is 2. The van der Waals surface area contributed by atoms with Gasteiger partial charge in [0, 0.05) is 6.42 Å². The molecule has 4 atom stereocenters. The Balaban J connectivity index is 5.08. The highest BCUT2D eigenvalue weighted by molar-refractivity contribution is 7.98. The molecular weight excluding hydrogens is 362 g/mol. The third-order valence-corrected chi connectivity index (χ3v) is 4.71. The average Bonchev–Trinajstić information content (AvgIpc) is 2.59.